The van der Waals surface area contributed by atoms with E-state index in [1.165, 1.54) is 35.0 Å². The van der Waals surface area contributed by atoms with E-state index in [0.29, 0.717) is 31.5 Å². The highest BCUT2D eigenvalue weighted by molar-refractivity contribution is 6.03. The Balaban J connectivity index is 1.84. The molecule has 1 fully saturated rings. The van der Waals surface area contributed by atoms with Crippen LogP contribution in [0.5, 0.6) is 5.75 Å². The van der Waals surface area contributed by atoms with Crippen molar-refractivity contribution in [3.63, 3.8) is 0 Å². The van der Waals surface area contributed by atoms with Gasteiger partial charge in [-0.25, -0.2) is 4.68 Å². The molecule has 0 atom stereocenters. The normalized spacial score (nSPS) is 15.0. The number of hydrogen-bond acceptors (Lipinski definition) is 5. The number of rotatable bonds is 6. The molecule has 1 saturated heterocycles. The summed E-state index contributed by atoms with van der Waals surface area (Å²) in [7, 11) is 0. The van der Waals surface area contributed by atoms with Gasteiger partial charge in [0.1, 0.15) is 22.8 Å². The molecule has 0 unspecified atom stereocenters. The molecule has 166 valence electrons. The van der Waals surface area contributed by atoms with Crippen LogP contribution in [-0.4, -0.2) is 52.4 Å². The van der Waals surface area contributed by atoms with E-state index in [1.54, 1.807) is 4.90 Å². The van der Waals surface area contributed by atoms with Gasteiger partial charge < -0.3 is 21.1 Å². The number of benzene rings is 1. The maximum atomic E-state index is 12.3. The van der Waals surface area contributed by atoms with E-state index in [0.717, 1.165) is 0 Å². The SMILES string of the molecule is C=CC(=O)N1CCC(n2nc(-c3ccc(OCC(F)(F)F)cc3)c(C(N)=O)c2N)CC1. The predicted octanol–water partition coefficient (Wildman–Crippen LogP) is 2.52. The molecule has 2 aromatic rings. The highest BCUT2D eigenvalue weighted by Crippen LogP contribution is 2.33. The molecule has 1 aromatic carbocycles. The zero-order chi connectivity index (χ0) is 22.8. The first-order valence-electron chi connectivity index (χ1n) is 9.50. The summed E-state index contributed by atoms with van der Waals surface area (Å²) in [5.74, 6) is -0.796. The van der Waals surface area contributed by atoms with Crippen molar-refractivity contribution in [1.29, 1.82) is 0 Å². The van der Waals surface area contributed by atoms with Gasteiger partial charge in [0.2, 0.25) is 5.91 Å². The van der Waals surface area contributed by atoms with Crippen LogP contribution in [-0.2, 0) is 4.79 Å². The van der Waals surface area contributed by atoms with E-state index in [-0.39, 0.29) is 34.8 Å². The molecule has 0 aliphatic carbocycles. The fourth-order valence-corrected chi connectivity index (χ4v) is 3.50. The summed E-state index contributed by atoms with van der Waals surface area (Å²) in [6.07, 6.45) is -2.04. The van der Waals surface area contributed by atoms with Crippen molar-refractivity contribution >= 4 is 17.6 Å². The summed E-state index contributed by atoms with van der Waals surface area (Å²) in [5.41, 5.74) is 12.4. The molecule has 3 rings (SSSR count). The number of carbonyl (C=O) groups excluding carboxylic acids is 2. The Morgan fingerprint density at radius 2 is 1.84 bits per heavy atom. The maximum Gasteiger partial charge on any atom is 0.422 e. The summed E-state index contributed by atoms with van der Waals surface area (Å²) in [4.78, 5) is 25.5. The third kappa shape index (κ3) is 4.98. The minimum absolute atomic E-state index is 0.0216. The lowest BCUT2D eigenvalue weighted by Gasteiger charge is -2.31. The van der Waals surface area contributed by atoms with E-state index < -0.39 is 18.7 Å². The number of anilines is 1. The minimum atomic E-state index is -4.45. The molecule has 2 heterocycles. The first kappa shape index (κ1) is 22.2. The zero-order valence-corrected chi connectivity index (χ0v) is 16.6. The lowest BCUT2D eigenvalue weighted by atomic mass is 10.0. The fourth-order valence-electron chi connectivity index (χ4n) is 3.50. The smallest absolute Gasteiger partial charge is 0.422 e. The van der Waals surface area contributed by atoms with Crippen molar-refractivity contribution in [2.45, 2.75) is 25.1 Å². The van der Waals surface area contributed by atoms with Gasteiger partial charge in [0.15, 0.2) is 6.61 Å². The van der Waals surface area contributed by atoms with E-state index in [9.17, 15) is 22.8 Å². The number of carbonyl (C=O) groups is 2. The lowest BCUT2D eigenvalue weighted by Crippen LogP contribution is -2.38. The van der Waals surface area contributed by atoms with Crippen molar-refractivity contribution in [2.75, 3.05) is 25.4 Å². The number of aromatic nitrogens is 2. The largest absolute Gasteiger partial charge is 0.484 e. The second-order valence-electron chi connectivity index (χ2n) is 7.11. The van der Waals surface area contributed by atoms with Crippen LogP contribution >= 0.6 is 0 Å². The molecule has 8 nitrogen and oxygen atoms in total. The molecule has 0 radical (unpaired) electrons. The summed E-state index contributed by atoms with van der Waals surface area (Å²) >= 11 is 0. The average molecular weight is 437 g/mol. The number of primary amides is 1. The number of alkyl halides is 3. The van der Waals surface area contributed by atoms with Crippen molar-refractivity contribution in [3.05, 3.63) is 42.5 Å². The third-order valence-corrected chi connectivity index (χ3v) is 5.02. The molecule has 0 spiro atoms. The van der Waals surface area contributed by atoms with Crippen molar-refractivity contribution in [2.24, 2.45) is 5.73 Å². The molecule has 1 aliphatic heterocycles. The number of nitrogen functional groups attached to an aromatic ring is 1. The Morgan fingerprint density at radius 3 is 2.35 bits per heavy atom. The van der Waals surface area contributed by atoms with Crippen LogP contribution in [0.1, 0.15) is 29.2 Å². The third-order valence-electron chi connectivity index (χ3n) is 5.02. The molecular weight excluding hydrogens is 415 g/mol. The number of piperidine rings is 1. The van der Waals surface area contributed by atoms with Crippen molar-refractivity contribution in [3.8, 4) is 17.0 Å². The van der Waals surface area contributed by atoms with Crippen LogP contribution in [0.25, 0.3) is 11.3 Å². The number of amides is 2. The van der Waals surface area contributed by atoms with Gasteiger partial charge in [-0.15, -0.1) is 0 Å². The van der Waals surface area contributed by atoms with E-state index in [2.05, 4.69) is 11.7 Å². The number of nitrogens with two attached hydrogens (primary N) is 2. The van der Waals surface area contributed by atoms with Gasteiger partial charge in [0.05, 0.1) is 6.04 Å². The molecule has 4 N–H and O–H groups in total. The topological polar surface area (TPSA) is 116 Å². The minimum Gasteiger partial charge on any atom is -0.484 e. The Hall–Kier alpha value is -3.50. The van der Waals surface area contributed by atoms with Crippen molar-refractivity contribution in [1.82, 2.24) is 14.7 Å². The van der Waals surface area contributed by atoms with Crippen molar-refractivity contribution < 1.29 is 27.5 Å². The van der Waals surface area contributed by atoms with Gasteiger partial charge in [-0.1, -0.05) is 6.58 Å². The van der Waals surface area contributed by atoms with Gasteiger partial charge in [-0.3, -0.25) is 9.59 Å². The Kier molecular flexibility index (Phi) is 6.23. The second-order valence-corrected chi connectivity index (χ2v) is 7.11. The van der Waals surface area contributed by atoms with Crippen LogP contribution < -0.4 is 16.2 Å². The quantitative estimate of drug-likeness (QED) is 0.674. The second kappa shape index (κ2) is 8.70. The number of hydrogen-bond donors (Lipinski definition) is 2. The van der Waals surface area contributed by atoms with E-state index in [4.69, 9.17) is 16.2 Å². The van der Waals surface area contributed by atoms with Gasteiger partial charge in [0.25, 0.3) is 5.91 Å². The molecule has 1 aliphatic rings. The number of nitrogens with zero attached hydrogens (tertiary/aromatic N) is 3. The monoisotopic (exact) mass is 437 g/mol. The molecule has 31 heavy (non-hydrogen) atoms. The van der Waals surface area contributed by atoms with Crippen LogP contribution in [0.3, 0.4) is 0 Å². The molecule has 2 amide bonds. The van der Waals surface area contributed by atoms with E-state index >= 15 is 0 Å². The van der Waals surface area contributed by atoms with Gasteiger partial charge in [0, 0.05) is 18.7 Å². The Morgan fingerprint density at radius 1 is 1.23 bits per heavy atom. The molecule has 0 saturated carbocycles. The standard InChI is InChI=1S/C20H22F3N5O3/c1-2-15(29)27-9-7-13(8-10-27)28-18(24)16(19(25)30)17(26-28)12-3-5-14(6-4-12)31-11-20(21,22)23/h2-6,13H,1,7-11,24H2,(H2,25,30). The summed E-state index contributed by atoms with van der Waals surface area (Å²) in [5, 5.41) is 4.48. The first-order chi connectivity index (χ1) is 14.6. The number of halogens is 3. The fraction of sp³-hybridized carbons (Fsp3) is 0.350. The Bertz CT molecular complexity index is 977. The summed E-state index contributed by atoms with van der Waals surface area (Å²) in [6.45, 7) is 3.05. The van der Waals surface area contributed by atoms with Gasteiger partial charge in [-0.05, 0) is 43.2 Å². The maximum absolute atomic E-state index is 12.3. The Labute approximate surface area is 176 Å². The predicted molar refractivity (Wildman–Crippen MR) is 107 cm³/mol. The zero-order valence-electron chi connectivity index (χ0n) is 16.6. The molecular formula is C20H22F3N5O3. The lowest BCUT2D eigenvalue weighted by molar-refractivity contribution is -0.153. The highest BCUT2D eigenvalue weighted by Gasteiger charge is 2.30. The van der Waals surface area contributed by atoms with E-state index in [1.807, 2.05) is 0 Å². The number of likely N-dealkylation sites (tertiary alicyclic amines) is 1. The summed E-state index contributed by atoms with van der Waals surface area (Å²) < 4.78 is 43.2. The average Bonchev–Trinajstić information content (AvgIpc) is 3.09. The molecule has 11 heteroatoms. The first-order valence-corrected chi connectivity index (χ1v) is 9.50. The van der Waals surface area contributed by atoms with Crippen LogP contribution in [0, 0.1) is 0 Å². The summed E-state index contributed by atoms with van der Waals surface area (Å²) in [6, 6.07) is 5.52. The van der Waals surface area contributed by atoms with Crippen LogP contribution in [0.2, 0.25) is 0 Å². The molecule has 0 bridgehead atoms. The van der Waals surface area contributed by atoms with Crippen LogP contribution in [0.4, 0.5) is 19.0 Å². The van der Waals surface area contributed by atoms with Gasteiger partial charge in [-0.2, -0.15) is 18.3 Å². The highest BCUT2D eigenvalue weighted by atomic mass is 19.4. The van der Waals surface area contributed by atoms with Crippen LogP contribution in [0.15, 0.2) is 36.9 Å². The molecule has 1 aromatic heterocycles. The number of ether oxygens (including phenoxy) is 1. The van der Waals surface area contributed by atoms with Gasteiger partial charge >= 0.3 is 6.18 Å².